The SMILES string of the molecule is O=C(c1cncc(O)c1)N1CCc2nc(Cc3ccccc3)nn2CC1. The molecule has 1 N–H and O–H groups in total. The van der Waals surface area contributed by atoms with Crippen molar-refractivity contribution in [3.63, 3.8) is 0 Å². The van der Waals surface area contributed by atoms with Gasteiger partial charge in [-0.25, -0.2) is 9.67 Å². The molecule has 0 fully saturated rings. The molecular formula is C19H19N5O2. The molecule has 4 rings (SSSR count). The van der Waals surface area contributed by atoms with Gasteiger partial charge < -0.3 is 10.0 Å². The Balaban J connectivity index is 1.45. The molecule has 0 saturated heterocycles. The highest BCUT2D eigenvalue weighted by Crippen LogP contribution is 2.15. The molecule has 0 bridgehead atoms. The molecule has 26 heavy (non-hydrogen) atoms. The van der Waals surface area contributed by atoms with Crippen LogP contribution in [0.2, 0.25) is 0 Å². The van der Waals surface area contributed by atoms with Crippen molar-refractivity contribution in [2.24, 2.45) is 0 Å². The lowest BCUT2D eigenvalue weighted by Crippen LogP contribution is -2.33. The molecule has 132 valence electrons. The van der Waals surface area contributed by atoms with Crippen molar-refractivity contribution in [2.75, 3.05) is 13.1 Å². The first kappa shape index (κ1) is 16.3. The summed E-state index contributed by atoms with van der Waals surface area (Å²) in [6.45, 7) is 1.72. The molecule has 1 aliphatic heterocycles. The van der Waals surface area contributed by atoms with E-state index in [9.17, 15) is 9.90 Å². The van der Waals surface area contributed by atoms with Gasteiger partial charge in [0.25, 0.3) is 5.91 Å². The second-order valence-corrected chi connectivity index (χ2v) is 6.30. The van der Waals surface area contributed by atoms with Crippen LogP contribution in [0.1, 0.15) is 27.6 Å². The lowest BCUT2D eigenvalue weighted by molar-refractivity contribution is 0.0757. The van der Waals surface area contributed by atoms with Gasteiger partial charge in [-0.3, -0.25) is 9.78 Å². The number of hydrogen-bond donors (Lipinski definition) is 1. The second kappa shape index (κ2) is 6.95. The zero-order valence-electron chi connectivity index (χ0n) is 14.2. The zero-order valence-corrected chi connectivity index (χ0v) is 14.2. The van der Waals surface area contributed by atoms with Crippen molar-refractivity contribution in [2.45, 2.75) is 19.4 Å². The minimum Gasteiger partial charge on any atom is -0.506 e. The molecule has 0 atom stereocenters. The van der Waals surface area contributed by atoms with Gasteiger partial charge in [-0.1, -0.05) is 30.3 Å². The topological polar surface area (TPSA) is 84.1 Å². The van der Waals surface area contributed by atoms with E-state index < -0.39 is 0 Å². The number of aromatic nitrogens is 4. The first-order valence-corrected chi connectivity index (χ1v) is 8.59. The number of benzene rings is 1. The van der Waals surface area contributed by atoms with Gasteiger partial charge >= 0.3 is 0 Å². The third-order valence-corrected chi connectivity index (χ3v) is 4.44. The fourth-order valence-corrected chi connectivity index (χ4v) is 3.14. The smallest absolute Gasteiger partial charge is 0.255 e. The van der Waals surface area contributed by atoms with Crippen LogP contribution < -0.4 is 0 Å². The van der Waals surface area contributed by atoms with Crippen molar-refractivity contribution < 1.29 is 9.90 Å². The Hall–Kier alpha value is -3.22. The van der Waals surface area contributed by atoms with Crippen LogP contribution in [0, 0.1) is 0 Å². The average Bonchev–Trinajstić information content (AvgIpc) is 2.93. The molecule has 3 heterocycles. The normalized spacial score (nSPS) is 13.9. The molecule has 7 heteroatoms. The molecule has 1 aromatic carbocycles. The molecule has 0 spiro atoms. The zero-order chi connectivity index (χ0) is 17.9. The number of rotatable bonds is 3. The minimum atomic E-state index is -0.135. The molecule has 0 aliphatic carbocycles. The van der Waals surface area contributed by atoms with Crippen molar-refractivity contribution in [3.8, 4) is 5.75 Å². The van der Waals surface area contributed by atoms with E-state index in [2.05, 4.69) is 27.2 Å². The van der Waals surface area contributed by atoms with Crippen LogP contribution in [0.5, 0.6) is 5.75 Å². The Morgan fingerprint density at radius 3 is 2.77 bits per heavy atom. The lowest BCUT2D eigenvalue weighted by Gasteiger charge is -2.19. The number of carbonyl (C=O) groups excluding carboxylic acids is 1. The van der Waals surface area contributed by atoms with Crippen molar-refractivity contribution in [1.29, 1.82) is 0 Å². The van der Waals surface area contributed by atoms with E-state index >= 15 is 0 Å². The first-order chi connectivity index (χ1) is 12.7. The summed E-state index contributed by atoms with van der Waals surface area (Å²) in [5.74, 6) is 1.57. The summed E-state index contributed by atoms with van der Waals surface area (Å²) in [6.07, 6.45) is 4.15. The summed E-state index contributed by atoms with van der Waals surface area (Å²) in [6, 6.07) is 11.6. The Labute approximate surface area is 150 Å². The largest absolute Gasteiger partial charge is 0.506 e. The lowest BCUT2D eigenvalue weighted by atomic mass is 10.1. The molecule has 0 unspecified atom stereocenters. The van der Waals surface area contributed by atoms with Crippen molar-refractivity contribution >= 4 is 5.91 Å². The summed E-state index contributed by atoms with van der Waals surface area (Å²) in [7, 11) is 0. The van der Waals surface area contributed by atoms with E-state index in [1.54, 1.807) is 4.90 Å². The van der Waals surface area contributed by atoms with Crippen molar-refractivity contribution in [3.05, 3.63) is 71.6 Å². The number of nitrogens with zero attached hydrogens (tertiary/aromatic N) is 5. The quantitative estimate of drug-likeness (QED) is 0.777. The van der Waals surface area contributed by atoms with E-state index in [1.165, 1.54) is 24.0 Å². The molecule has 7 nitrogen and oxygen atoms in total. The summed E-state index contributed by atoms with van der Waals surface area (Å²) in [5, 5.41) is 14.1. The van der Waals surface area contributed by atoms with E-state index in [1.807, 2.05) is 22.9 Å². The molecule has 1 amide bonds. The molecule has 0 radical (unpaired) electrons. The number of pyridine rings is 1. The predicted octanol–water partition coefficient (Wildman–Crippen LogP) is 1.67. The highest BCUT2D eigenvalue weighted by atomic mass is 16.3. The minimum absolute atomic E-state index is 0.00850. The Kier molecular flexibility index (Phi) is 4.35. The van der Waals surface area contributed by atoms with E-state index in [4.69, 9.17) is 0 Å². The standard InChI is InChI=1S/C19H19N5O2/c25-16-11-15(12-20-13-16)19(26)23-7-6-18-21-17(22-24(18)9-8-23)10-14-4-2-1-3-5-14/h1-5,11-13,25H,6-10H2. The maximum absolute atomic E-state index is 12.6. The van der Waals surface area contributed by atoms with Crippen LogP contribution in [0.3, 0.4) is 0 Å². The monoisotopic (exact) mass is 349 g/mol. The number of hydrogen-bond acceptors (Lipinski definition) is 5. The third-order valence-electron chi connectivity index (χ3n) is 4.44. The fraction of sp³-hybridized carbons (Fsp3) is 0.263. The average molecular weight is 349 g/mol. The molecular weight excluding hydrogens is 330 g/mol. The van der Waals surface area contributed by atoms with E-state index in [0.717, 1.165) is 11.6 Å². The van der Waals surface area contributed by atoms with Gasteiger partial charge in [0.15, 0.2) is 5.82 Å². The predicted molar refractivity (Wildman–Crippen MR) is 94.8 cm³/mol. The Morgan fingerprint density at radius 2 is 1.96 bits per heavy atom. The highest BCUT2D eigenvalue weighted by molar-refractivity contribution is 5.94. The molecule has 2 aromatic heterocycles. The highest BCUT2D eigenvalue weighted by Gasteiger charge is 2.22. The van der Waals surface area contributed by atoms with Crippen LogP contribution in [-0.4, -0.2) is 48.8 Å². The van der Waals surface area contributed by atoms with Gasteiger partial charge in [-0.2, -0.15) is 5.10 Å². The summed E-state index contributed by atoms with van der Waals surface area (Å²) in [4.78, 5) is 22.9. The number of carbonyl (C=O) groups is 1. The first-order valence-electron chi connectivity index (χ1n) is 8.59. The fourth-order valence-electron chi connectivity index (χ4n) is 3.14. The molecule has 0 saturated carbocycles. The summed E-state index contributed by atoms with van der Waals surface area (Å²) < 4.78 is 1.90. The van der Waals surface area contributed by atoms with Gasteiger partial charge in [0.1, 0.15) is 11.6 Å². The van der Waals surface area contributed by atoms with Gasteiger partial charge in [0.2, 0.25) is 0 Å². The molecule has 1 aliphatic rings. The third kappa shape index (κ3) is 3.42. The number of amides is 1. The van der Waals surface area contributed by atoms with E-state index in [-0.39, 0.29) is 11.7 Å². The van der Waals surface area contributed by atoms with Crippen LogP contribution in [-0.2, 0) is 19.4 Å². The maximum Gasteiger partial charge on any atom is 0.255 e. The van der Waals surface area contributed by atoms with Gasteiger partial charge in [-0.15, -0.1) is 0 Å². The van der Waals surface area contributed by atoms with Crippen LogP contribution in [0.25, 0.3) is 0 Å². The number of fused-ring (bicyclic) bond motifs is 1. The Bertz CT molecular complexity index is 897. The maximum atomic E-state index is 12.6. The van der Waals surface area contributed by atoms with Crippen molar-refractivity contribution in [1.82, 2.24) is 24.6 Å². The summed E-state index contributed by atoms with van der Waals surface area (Å²) in [5.41, 5.74) is 1.57. The Morgan fingerprint density at radius 1 is 1.12 bits per heavy atom. The van der Waals surface area contributed by atoms with Gasteiger partial charge in [-0.05, 0) is 11.6 Å². The molecule has 3 aromatic rings. The van der Waals surface area contributed by atoms with E-state index in [0.29, 0.717) is 38.0 Å². The van der Waals surface area contributed by atoms with Gasteiger partial charge in [0.05, 0.1) is 18.3 Å². The summed E-state index contributed by atoms with van der Waals surface area (Å²) >= 11 is 0. The number of aromatic hydroxyl groups is 1. The van der Waals surface area contributed by atoms with Gasteiger partial charge in [0, 0.05) is 32.1 Å². The second-order valence-electron chi connectivity index (χ2n) is 6.30. The van der Waals surface area contributed by atoms with Crippen LogP contribution in [0.15, 0.2) is 48.8 Å². The van der Waals surface area contributed by atoms with Crippen LogP contribution in [0.4, 0.5) is 0 Å². The van der Waals surface area contributed by atoms with Crippen LogP contribution >= 0.6 is 0 Å².